The summed E-state index contributed by atoms with van der Waals surface area (Å²) < 4.78 is 47.9. The van der Waals surface area contributed by atoms with Gasteiger partial charge in [-0.1, -0.05) is 18.6 Å². The van der Waals surface area contributed by atoms with Gasteiger partial charge in [0.2, 0.25) is 0 Å². The number of benzene rings is 2. The molecular weight excluding hydrogens is 515 g/mol. The summed E-state index contributed by atoms with van der Waals surface area (Å²) in [5.74, 6) is -5.95. The van der Waals surface area contributed by atoms with Crippen LogP contribution in [0.4, 0.5) is 18.9 Å². The van der Waals surface area contributed by atoms with Gasteiger partial charge in [-0.25, -0.2) is 22.8 Å². The molecule has 39 heavy (non-hydrogen) atoms. The van der Waals surface area contributed by atoms with E-state index < -0.39 is 40.6 Å². The molecule has 1 aliphatic heterocycles. The first-order valence-electron chi connectivity index (χ1n) is 12.6. The van der Waals surface area contributed by atoms with Crippen LogP contribution in [0.3, 0.4) is 0 Å². The SMILES string of the molecule is COC(=O)c1[nH]c(=O)n(CCCCCN2CCN(c3ccccc3C(N)=O)CC2)c1-c1ccc(F)c(F)c1F. The van der Waals surface area contributed by atoms with Gasteiger partial charge in [0.05, 0.1) is 18.4 Å². The van der Waals surface area contributed by atoms with Gasteiger partial charge in [0.1, 0.15) is 0 Å². The number of aromatic nitrogens is 2. The molecule has 2 aromatic carbocycles. The summed E-state index contributed by atoms with van der Waals surface area (Å²) in [6, 6.07) is 9.01. The third-order valence-electron chi connectivity index (χ3n) is 6.90. The standard InChI is InChI=1S/C27H30F3N5O4/c1-39-26(37)23-24(18-9-10-19(28)22(30)21(18)29)35(27(38)32-23)12-6-2-5-11-33-13-15-34(16-14-33)20-8-4-3-7-17(20)25(31)36/h3-4,7-10H,2,5-6,11-16H2,1H3,(H2,31,36)(H,32,38). The molecular formula is C27H30F3N5O4. The fourth-order valence-corrected chi connectivity index (χ4v) is 4.87. The minimum Gasteiger partial charge on any atom is -0.464 e. The van der Waals surface area contributed by atoms with Gasteiger partial charge in [0.15, 0.2) is 23.1 Å². The number of para-hydroxylation sites is 1. The van der Waals surface area contributed by atoms with E-state index in [0.29, 0.717) is 12.0 Å². The summed E-state index contributed by atoms with van der Waals surface area (Å²) in [6.45, 7) is 4.09. The van der Waals surface area contributed by atoms with Crippen molar-refractivity contribution < 1.29 is 27.5 Å². The minimum absolute atomic E-state index is 0.137. The number of aromatic amines is 1. The molecule has 0 atom stereocenters. The van der Waals surface area contributed by atoms with E-state index in [1.165, 1.54) is 0 Å². The van der Waals surface area contributed by atoms with E-state index in [1.807, 2.05) is 12.1 Å². The number of nitrogens with zero attached hydrogens (tertiary/aromatic N) is 3. The van der Waals surface area contributed by atoms with Crippen LogP contribution in [0.2, 0.25) is 0 Å². The van der Waals surface area contributed by atoms with Gasteiger partial charge in [0, 0.05) is 44.0 Å². The summed E-state index contributed by atoms with van der Waals surface area (Å²) >= 11 is 0. The maximum absolute atomic E-state index is 14.6. The molecule has 2 heterocycles. The number of unbranched alkanes of at least 4 members (excludes halogenated alkanes) is 2. The quantitative estimate of drug-likeness (QED) is 0.230. The second-order valence-corrected chi connectivity index (χ2v) is 9.29. The number of carbonyl (C=O) groups is 2. The molecule has 0 aliphatic carbocycles. The molecule has 0 unspecified atom stereocenters. The highest BCUT2D eigenvalue weighted by Crippen LogP contribution is 2.28. The number of amides is 1. The Morgan fingerprint density at radius 2 is 1.64 bits per heavy atom. The van der Waals surface area contributed by atoms with Crippen LogP contribution in [0.25, 0.3) is 11.3 Å². The lowest BCUT2D eigenvalue weighted by Gasteiger charge is -2.36. The average molecular weight is 546 g/mol. The van der Waals surface area contributed by atoms with Crippen LogP contribution in [0, 0.1) is 17.5 Å². The molecule has 208 valence electrons. The number of nitrogens with one attached hydrogen (secondary N) is 1. The number of imidazole rings is 1. The number of hydrogen-bond donors (Lipinski definition) is 2. The molecule has 1 saturated heterocycles. The molecule has 9 nitrogen and oxygen atoms in total. The number of rotatable bonds is 10. The van der Waals surface area contributed by atoms with Crippen LogP contribution in [0.5, 0.6) is 0 Å². The summed E-state index contributed by atoms with van der Waals surface area (Å²) in [5, 5.41) is 0. The van der Waals surface area contributed by atoms with Crippen LogP contribution >= 0.6 is 0 Å². The van der Waals surface area contributed by atoms with Gasteiger partial charge in [-0.05, 0) is 43.7 Å². The molecule has 0 bridgehead atoms. The van der Waals surface area contributed by atoms with E-state index in [-0.39, 0.29) is 17.9 Å². The molecule has 4 rings (SSSR count). The monoisotopic (exact) mass is 545 g/mol. The Balaban J connectivity index is 1.35. The molecule has 0 saturated carbocycles. The van der Waals surface area contributed by atoms with Gasteiger partial charge in [-0.3, -0.25) is 19.2 Å². The predicted molar refractivity (Wildman–Crippen MR) is 139 cm³/mol. The van der Waals surface area contributed by atoms with Crippen molar-refractivity contribution in [2.75, 3.05) is 44.7 Å². The molecule has 0 radical (unpaired) electrons. The lowest BCUT2D eigenvalue weighted by atomic mass is 10.1. The van der Waals surface area contributed by atoms with Gasteiger partial charge >= 0.3 is 11.7 Å². The van der Waals surface area contributed by atoms with Crippen LogP contribution in [0.1, 0.15) is 40.1 Å². The topological polar surface area (TPSA) is 114 Å². The van der Waals surface area contributed by atoms with Crippen LogP contribution in [-0.2, 0) is 11.3 Å². The van der Waals surface area contributed by atoms with E-state index in [4.69, 9.17) is 5.73 Å². The predicted octanol–water partition coefficient (Wildman–Crippen LogP) is 3.14. The maximum Gasteiger partial charge on any atom is 0.356 e. The minimum atomic E-state index is -1.69. The normalized spacial score (nSPS) is 14.0. The zero-order valence-electron chi connectivity index (χ0n) is 21.5. The molecule has 12 heteroatoms. The first kappa shape index (κ1) is 28.0. The number of anilines is 1. The van der Waals surface area contributed by atoms with Crippen molar-refractivity contribution in [3.8, 4) is 11.3 Å². The largest absolute Gasteiger partial charge is 0.464 e. The second kappa shape index (κ2) is 12.2. The lowest BCUT2D eigenvalue weighted by molar-refractivity contribution is 0.0595. The highest BCUT2D eigenvalue weighted by Gasteiger charge is 2.26. The van der Waals surface area contributed by atoms with Gasteiger partial charge in [-0.15, -0.1) is 0 Å². The number of carbonyl (C=O) groups excluding carboxylic acids is 2. The fraction of sp³-hybridized carbons (Fsp3) is 0.370. The molecule has 1 fully saturated rings. The number of nitrogens with two attached hydrogens (primary N) is 1. The van der Waals surface area contributed by atoms with Crippen molar-refractivity contribution in [3.05, 3.63) is 75.6 Å². The Bertz CT molecular complexity index is 1410. The number of primary amides is 1. The van der Waals surface area contributed by atoms with E-state index in [1.54, 1.807) is 12.1 Å². The first-order chi connectivity index (χ1) is 18.7. The van der Waals surface area contributed by atoms with Crippen LogP contribution in [-0.4, -0.2) is 66.2 Å². The first-order valence-corrected chi connectivity index (χ1v) is 12.6. The lowest BCUT2D eigenvalue weighted by Crippen LogP contribution is -2.47. The molecule has 0 spiro atoms. The molecule has 1 aromatic heterocycles. The van der Waals surface area contributed by atoms with Gasteiger partial charge < -0.3 is 15.4 Å². The molecule has 1 amide bonds. The summed E-state index contributed by atoms with van der Waals surface area (Å²) in [7, 11) is 1.10. The van der Waals surface area contributed by atoms with E-state index in [9.17, 15) is 27.6 Å². The van der Waals surface area contributed by atoms with Crippen molar-refractivity contribution in [1.29, 1.82) is 0 Å². The van der Waals surface area contributed by atoms with Crippen LogP contribution < -0.4 is 16.3 Å². The molecule has 1 aliphatic rings. The molecule has 3 aromatic rings. The second-order valence-electron chi connectivity index (χ2n) is 9.29. The summed E-state index contributed by atoms with van der Waals surface area (Å²) in [5.41, 5.74) is 5.24. The maximum atomic E-state index is 14.6. The van der Waals surface area contributed by atoms with Crippen LogP contribution in [0.15, 0.2) is 41.2 Å². The summed E-state index contributed by atoms with van der Waals surface area (Å²) in [6.07, 6.45) is 2.09. The van der Waals surface area contributed by atoms with Crippen molar-refractivity contribution in [2.45, 2.75) is 25.8 Å². The van der Waals surface area contributed by atoms with Gasteiger partial charge in [-0.2, -0.15) is 0 Å². The Labute approximate surface area is 223 Å². The van der Waals surface area contributed by atoms with Crippen molar-refractivity contribution in [1.82, 2.24) is 14.5 Å². The number of piperazine rings is 1. The Morgan fingerprint density at radius 1 is 0.949 bits per heavy atom. The van der Waals surface area contributed by atoms with Gasteiger partial charge in [0.25, 0.3) is 5.91 Å². The Morgan fingerprint density at radius 3 is 2.33 bits per heavy atom. The van der Waals surface area contributed by atoms with Crippen molar-refractivity contribution in [3.63, 3.8) is 0 Å². The zero-order valence-corrected chi connectivity index (χ0v) is 21.5. The molecule has 3 N–H and O–H groups in total. The fourth-order valence-electron chi connectivity index (χ4n) is 4.87. The Kier molecular flexibility index (Phi) is 8.75. The number of H-pyrrole nitrogens is 1. The number of ether oxygens (including phenoxy) is 1. The average Bonchev–Trinajstić information content (AvgIpc) is 3.27. The highest BCUT2D eigenvalue weighted by molar-refractivity contribution is 5.98. The van der Waals surface area contributed by atoms with Crippen molar-refractivity contribution >= 4 is 17.6 Å². The number of halogens is 3. The third-order valence-corrected chi connectivity index (χ3v) is 6.90. The number of esters is 1. The zero-order chi connectivity index (χ0) is 28.1. The van der Waals surface area contributed by atoms with E-state index >= 15 is 0 Å². The van der Waals surface area contributed by atoms with Crippen molar-refractivity contribution in [2.24, 2.45) is 5.73 Å². The number of methoxy groups -OCH3 is 1. The number of hydrogen-bond acceptors (Lipinski definition) is 6. The van der Waals surface area contributed by atoms with E-state index in [0.717, 1.165) is 75.1 Å². The third kappa shape index (κ3) is 6.00. The van der Waals surface area contributed by atoms with E-state index in [2.05, 4.69) is 19.5 Å². The highest BCUT2D eigenvalue weighted by atomic mass is 19.2. The Hall–Kier alpha value is -4.06. The summed E-state index contributed by atoms with van der Waals surface area (Å²) in [4.78, 5) is 43.4. The smallest absolute Gasteiger partial charge is 0.356 e.